The number of nitrogens with zero attached hydrogens (tertiary/aromatic N) is 3. The fraction of sp³-hybridized carbons (Fsp3) is 1.00. The van der Waals surface area contributed by atoms with Crippen molar-refractivity contribution in [3.63, 3.8) is 0 Å². The number of azide groups is 1. The van der Waals surface area contributed by atoms with Gasteiger partial charge < -0.3 is 4.74 Å². The van der Waals surface area contributed by atoms with Crippen LogP contribution in [-0.2, 0) is 4.74 Å². The quantitative estimate of drug-likeness (QED) is 0.295. The lowest BCUT2D eigenvalue weighted by atomic mass is 9.82. The first-order valence-corrected chi connectivity index (χ1v) is 4.65. The Kier molecular flexibility index (Phi) is 3.40. The van der Waals surface area contributed by atoms with Crippen molar-refractivity contribution >= 4 is 7.85 Å². The third-order valence-corrected chi connectivity index (χ3v) is 2.99. The van der Waals surface area contributed by atoms with Crippen molar-refractivity contribution in [2.75, 3.05) is 6.54 Å². The Bertz CT molecular complexity index is 259. The van der Waals surface area contributed by atoms with Gasteiger partial charge in [0, 0.05) is 16.8 Å². The number of hydrogen-bond donors (Lipinski definition) is 0. The molecule has 0 aromatic rings. The van der Waals surface area contributed by atoms with E-state index in [-0.39, 0.29) is 12.5 Å². The highest BCUT2D eigenvalue weighted by Gasteiger charge is 2.49. The summed E-state index contributed by atoms with van der Waals surface area (Å²) >= 11 is 0. The third-order valence-electron chi connectivity index (χ3n) is 2.99. The normalized spacial score (nSPS) is 42.1. The summed E-state index contributed by atoms with van der Waals surface area (Å²) in [6.07, 6.45) is -0.606. The molecule has 0 aliphatic carbocycles. The van der Waals surface area contributed by atoms with Gasteiger partial charge in [-0.3, -0.25) is 0 Å². The number of halogens is 1. The lowest BCUT2D eigenvalue weighted by Gasteiger charge is -2.30. The molecule has 0 saturated carbocycles. The molecule has 0 aromatic heterocycles. The lowest BCUT2D eigenvalue weighted by Crippen LogP contribution is -2.38. The summed E-state index contributed by atoms with van der Waals surface area (Å²) in [6.45, 7) is 3.73. The van der Waals surface area contributed by atoms with E-state index in [1.54, 1.807) is 6.92 Å². The van der Waals surface area contributed by atoms with Gasteiger partial charge in [0.15, 0.2) is 0 Å². The Labute approximate surface area is 83.9 Å². The van der Waals surface area contributed by atoms with E-state index in [9.17, 15) is 4.39 Å². The van der Waals surface area contributed by atoms with E-state index in [1.165, 1.54) is 0 Å². The summed E-state index contributed by atoms with van der Waals surface area (Å²) in [5.74, 6) is -0.340. The molecular weight excluding hydrogens is 184 g/mol. The van der Waals surface area contributed by atoms with Crippen LogP contribution < -0.4 is 0 Å². The molecule has 1 aliphatic heterocycles. The average molecular weight is 197 g/mol. The first kappa shape index (κ1) is 11.3. The molecule has 1 saturated heterocycles. The summed E-state index contributed by atoms with van der Waals surface area (Å²) in [6, 6.07) is -0.904. The van der Waals surface area contributed by atoms with Gasteiger partial charge in [-0.2, -0.15) is 0 Å². The van der Waals surface area contributed by atoms with E-state index in [0.29, 0.717) is 6.42 Å². The van der Waals surface area contributed by atoms with Gasteiger partial charge in [-0.15, -0.1) is 0 Å². The van der Waals surface area contributed by atoms with Crippen LogP contribution in [0.1, 0.15) is 20.3 Å². The largest absolute Gasteiger partial charge is 0.378 e. The molecule has 0 bridgehead atoms. The minimum absolute atomic E-state index is 0.134. The minimum atomic E-state index is -1.19. The van der Waals surface area contributed by atoms with Crippen molar-refractivity contribution in [1.29, 1.82) is 0 Å². The number of hydrogen-bond acceptors (Lipinski definition) is 2. The molecule has 1 unspecified atom stereocenters. The standard InChI is InChI=1S/C8H13BFN3O/c1-3-8(4-12-13-11)5(2)6(10)7(9)14-8/h5-7H,3-4H2,1-2H3/t5?,6-,7+,8-/m0/s1. The van der Waals surface area contributed by atoms with E-state index in [4.69, 9.17) is 18.1 Å². The fourth-order valence-corrected chi connectivity index (χ4v) is 1.87. The molecule has 14 heavy (non-hydrogen) atoms. The predicted molar refractivity (Wildman–Crippen MR) is 51.7 cm³/mol. The summed E-state index contributed by atoms with van der Waals surface area (Å²) in [5, 5.41) is 3.45. The van der Waals surface area contributed by atoms with Gasteiger partial charge in [0.2, 0.25) is 0 Å². The van der Waals surface area contributed by atoms with Gasteiger partial charge in [0.1, 0.15) is 14.0 Å². The van der Waals surface area contributed by atoms with Crippen molar-refractivity contribution in [1.82, 2.24) is 0 Å². The summed E-state index contributed by atoms with van der Waals surface area (Å²) in [4.78, 5) is 2.66. The summed E-state index contributed by atoms with van der Waals surface area (Å²) in [5.41, 5.74) is 7.50. The predicted octanol–water partition coefficient (Wildman–Crippen LogP) is 1.94. The first-order chi connectivity index (χ1) is 6.57. The van der Waals surface area contributed by atoms with Crippen molar-refractivity contribution in [2.24, 2.45) is 11.0 Å². The maximum Gasteiger partial charge on any atom is 0.123 e. The number of ether oxygens (including phenoxy) is 1. The maximum atomic E-state index is 13.4. The second-order valence-corrected chi connectivity index (χ2v) is 3.62. The summed E-state index contributed by atoms with van der Waals surface area (Å²) < 4.78 is 18.8. The van der Waals surface area contributed by atoms with Crippen LogP contribution in [0.25, 0.3) is 10.4 Å². The molecule has 0 N–H and O–H groups in total. The Morgan fingerprint density at radius 2 is 2.36 bits per heavy atom. The molecule has 0 amide bonds. The van der Waals surface area contributed by atoms with Crippen LogP contribution >= 0.6 is 0 Å². The molecule has 1 heterocycles. The number of rotatable bonds is 3. The lowest BCUT2D eigenvalue weighted by molar-refractivity contribution is -0.0267. The van der Waals surface area contributed by atoms with Gasteiger partial charge >= 0.3 is 0 Å². The third kappa shape index (κ3) is 1.72. The van der Waals surface area contributed by atoms with Crippen LogP contribution in [0.3, 0.4) is 0 Å². The van der Waals surface area contributed by atoms with E-state index < -0.39 is 17.8 Å². The molecule has 0 spiro atoms. The van der Waals surface area contributed by atoms with Gasteiger partial charge in [-0.25, -0.2) is 4.39 Å². The Hall–Kier alpha value is -0.735. The molecule has 4 atom stereocenters. The average Bonchev–Trinajstić information content (AvgIpc) is 2.41. The zero-order valence-electron chi connectivity index (χ0n) is 8.35. The molecule has 4 nitrogen and oxygen atoms in total. The SMILES string of the molecule is [B][C@@H]1O[C@@](CC)(CN=[N+]=[N-])C(C)[C@@H]1F. The van der Waals surface area contributed by atoms with Crippen LogP contribution in [0.2, 0.25) is 0 Å². The zero-order chi connectivity index (χ0) is 10.8. The van der Waals surface area contributed by atoms with Gasteiger partial charge in [-0.1, -0.05) is 19.0 Å². The Morgan fingerprint density at radius 1 is 1.71 bits per heavy atom. The minimum Gasteiger partial charge on any atom is -0.378 e. The molecule has 0 aromatic carbocycles. The van der Waals surface area contributed by atoms with Crippen LogP contribution in [0.4, 0.5) is 4.39 Å². The highest BCUT2D eigenvalue weighted by molar-refractivity contribution is 6.11. The van der Waals surface area contributed by atoms with Crippen molar-refractivity contribution in [3.05, 3.63) is 10.4 Å². The molecule has 1 rings (SSSR count). The second kappa shape index (κ2) is 4.19. The van der Waals surface area contributed by atoms with Crippen LogP contribution in [0.15, 0.2) is 5.11 Å². The fourth-order valence-electron chi connectivity index (χ4n) is 1.87. The molecule has 1 fully saturated rings. The highest BCUT2D eigenvalue weighted by Crippen LogP contribution is 2.39. The van der Waals surface area contributed by atoms with E-state index in [0.717, 1.165) is 0 Å². The smallest absolute Gasteiger partial charge is 0.123 e. The highest BCUT2D eigenvalue weighted by atomic mass is 19.1. The molecule has 76 valence electrons. The molecule has 1 aliphatic rings. The molecular formula is C8H13BFN3O. The van der Waals surface area contributed by atoms with Crippen molar-refractivity contribution < 1.29 is 9.13 Å². The topological polar surface area (TPSA) is 58.0 Å². The monoisotopic (exact) mass is 197 g/mol. The number of alkyl halides is 1. The molecule has 6 heteroatoms. The Balaban J connectivity index is 2.84. The van der Waals surface area contributed by atoms with Crippen molar-refractivity contribution in [3.8, 4) is 0 Å². The van der Waals surface area contributed by atoms with E-state index in [1.807, 2.05) is 6.92 Å². The van der Waals surface area contributed by atoms with Gasteiger partial charge in [-0.05, 0) is 12.0 Å². The zero-order valence-corrected chi connectivity index (χ0v) is 8.35. The maximum absolute atomic E-state index is 13.4. The van der Waals surface area contributed by atoms with Crippen molar-refractivity contribution in [2.45, 2.75) is 38.0 Å². The Morgan fingerprint density at radius 3 is 2.71 bits per heavy atom. The second-order valence-electron chi connectivity index (χ2n) is 3.62. The first-order valence-electron chi connectivity index (χ1n) is 4.65. The van der Waals surface area contributed by atoms with E-state index >= 15 is 0 Å². The van der Waals surface area contributed by atoms with E-state index in [2.05, 4.69) is 10.0 Å². The summed E-state index contributed by atoms with van der Waals surface area (Å²) in [7, 11) is 5.46. The van der Waals surface area contributed by atoms with Gasteiger partial charge in [0.05, 0.1) is 12.1 Å². The molecule has 2 radical (unpaired) electrons. The van der Waals surface area contributed by atoms with Crippen LogP contribution in [0.5, 0.6) is 0 Å². The van der Waals surface area contributed by atoms with Gasteiger partial charge in [0.25, 0.3) is 0 Å². The van der Waals surface area contributed by atoms with Crippen LogP contribution in [-0.4, -0.2) is 32.2 Å². The van der Waals surface area contributed by atoms with Crippen LogP contribution in [0, 0.1) is 5.92 Å².